The van der Waals surface area contributed by atoms with Crippen molar-refractivity contribution in [3.63, 3.8) is 0 Å². The number of hydrogen-bond acceptors (Lipinski definition) is 4. The number of nitrogens with one attached hydrogen (secondary N) is 1. The first-order valence-corrected chi connectivity index (χ1v) is 14.3. The Balaban J connectivity index is 1.88. The quantitative estimate of drug-likeness (QED) is 0.530. The van der Waals surface area contributed by atoms with Gasteiger partial charge in [0.25, 0.3) is 10.0 Å². The highest BCUT2D eigenvalue weighted by atomic mass is 35.5. The van der Waals surface area contributed by atoms with Gasteiger partial charge in [-0.2, -0.15) is 0 Å². The summed E-state index contributed by atoms with van der Waals surface area (Å²) in [5.74, 6) is -0.367. The van der Waals surface area contributed by atoms with Gasteiger partial charge in [0.1, 0.15) is 5.60 Å². The van der Waals surface area contributed by atoms with E-state index in [1.165, 1.54) is 0 Å². The van der Waals surface area contributed by atoms with Crippen LogP contribution in [-0.4, -0.2) is 32.0 Å². The van der Waals surface area contributed by atoms with Crippen LogP contribution in [0.15, 0.2) is 47.4 Å². The largest absolute Gasteiger partial charge is 0.382 e. The van der Waals surface area contributed by atoms with E-state index in [2.05, 4.69) is 19.2 Å². The highest BCUT2D eigenvalue weighted by Gasteiger charge is 2.60. The van der Waals surface area contributed by atoms with Crippen LogP contribution in [0, 0.1) is 18.8 Å². The number of hydrogen-bond donors (Lipinski definition) is 2. The summed E-state index contributed by atoms with van der Waals surface area (Å²) in [5.41, 5.74) is -0.0248. The van der Waals surface area contributed by atoms with Crippen LogP contribution in [0.5, 0.6) is 0 Å². The zero-order chi connectivity index (χ0) is 25.4. The lowest BCUT2D eigenvalue weighted by molar-refractivity contribution is -0.132. The van der Waals surface area contributed by atoms with E-state index in [4.69, 9.17) is 11.6 Å². The standard InChI is InChI=1S/C27H35ClN2O4S/c1-18(2)15-16-29-26(31)25-27(32,20-7-5-4-6-8-20)23-17-21(28)11-14-24(23)30(25)35(33,34)22-12-9-19(3)10-13-22/h9-14,17-18,20,25,32H,4-8,15-16H2,1-3H3,(H,29,31). The van der Waals surface area contributed by atoms with Crippen LogP contribution >= 0.6 is 11.6 Å². The molecule has 6 nitrogen and oxygen atoms in total. The lowest BCUT2D eigenvalue weighted by Crippen LogP contribution is -2.59. The normalized spacial score (nSPS) is 22.9. The van der Waals surface area contributed by atoms with Gasteiger partial charge in [0, 0.05) is 17.1 Å². The maximum absolute atomic E-state index is 14.1. The maximum atomic E-state index is 14.1. The molecule has 2 aromatic carbocycles. The van der Waals surface area contributed by atoms with Gasteiger partial charge in [0.05, 0.1) is 10.6 Å². The molecule has 8 heteroatoms. The fraction of sp³-hybridized carbons (Fsp3) is 0.519. The summed E-state index contributed by atoms with van der Waals surface area (Å²) in [7, 11) is -4.16. The van der Waals surface area contributed by atoms with Crippen molar-refractivity contribution in [2.75, 3.05) is 10.8 Å². The Hall–Kier alpha value is -2.09. The molecule has 1 amide bonds. The smallest absolute Gasteiger partial charge is 0.265 e. The molecule has 0 bridgehead atoms. The Morgan fingerprint density at radius 1 is 1.14 bits per heavy atom. The van der Waals surface area contributed by atoms with Crippen LogP contribution in [0.3, 0.4) is 0 Å². The summed E-state index contributed by atoms with van der Waals surface area (Å²) in [6.07, 6.45) is 5.10. The Morgan fingerprint density at radius 2 is 1.80 bits per heavy atom. The molecule has 2 aliphatic rings. The molecule has 2 unspecified atom stereocenters. The van der Waals surface area contributed by atoms with E-state index in [1.54, 1.807) is 42.5 Å². The number of benzene rings is 2. The van der Waals surface area contributed by atoms with Gasteiger partial charge in [-0.15, -0.1) is 0 Å². The maximum Gasteiger partial charge on any atom is 0.265 e. The van der Waals surface area contributed by atoms with Crippen molar-refractivity contribution < 1.29 is 18.3 Å². The number of carbonyl (C=O) groups excluding carboxylic acids is 1. The number of aliphatic hydroxyl groups is 1. The Kier molecular flexibility index (Phi) is 7.51. The molecule has 4 rings (SSSR count). The lowest BCUT2D eigenvalue weighted by Gasteiger charge is -2.41. The number of aryl methyl sites for hydroxylation is 1. The van der Waals surface area contributed by atoms with Crippen LogP contribution in [0.25, 0.3) is 0 Å². The predicted molar refractivity (Wildman–Crippen MR) is 139 cm³/mol. The van der Waals surface area contributed by atoms with Gasteiger partial charge in [0.15, 0.2) is 6.04 Å². The van der Waals surface area contributed by atoms with Crippen molar-refractivity contribution in [2.45, 2.75) is 75.8 Å². The molecule has 1 saturated carbocycles. The van der Waals surface area contributed by atoms with Crippen LogP contribution in [-0.2, 0) is 20.4 Å². The van der Waals surface area contributed by atoms with E-state index in [0.717, 1.165) is 48.4 Å². The average Bonchev–Trinajstić information content (AvgIpc) is 3.09. The molecule has 2 aromatic rings. The monoisotopic (exact) mass is 518 g/mol. The molecule has 2 atom stereocenters. The minimum absolute atomic E-state index is 0.0804. The zero-order valence-electron chi connectivity index (χ0n) is 20.6. The van der Waals surface area contributed by atoms with Crippen LogP contribution in [0.1, 0.15) is 63.5 Å². The second kappa shape index (κ2) is 10.1. The number of sulfonamides is 1. The van der Waals surface area contributed by atoms with Crippen molar-refractivity contribution in [3.05, 3.63) is 58.6 Å². The topological polar surface area (TPSA) is 86.7 Å². The number of fused-ring (bicyclic) bond motifs is 1. The molecular weight excluding hydrogens is 484 g/mol. The van der Waals surface area contributed by atoms with E-state index in [0.29, 0.717) is 28.7 Å². The zero-order valence-corrected chi connectivity index (χ0v) is 22.2. The third kappa shape index (κ3) is 4.83. The third-order valence-corrected chi connectivity index (χ3v) is 9.38. The number of nitrogens with zero attached hydrogens (tertiary/aromatic N) is 1. The highest BCUT2D eigenvalue weighted by molar-refractivity contribution is 7.93. The summed E-state index contributed by atoms with van der Waals surface area (Å²) in [6.45, 7) is 6.41. The Morgan fingerprint density at radius 3 is 2.43 bits per heavy atom. The number of rotatable bonds is 7. The third-order valence-electron chi connectivity index (χ3n) is 7.35. The SMILES string of the molecule is Cc1ccc(S(=O)(=O)N2c3ccc(Cl)cc3C(O)(C3CCCCC3)C2C(=O)NCCC(C)C)cc1. The summed E-state index contributed by atoms with van der Waals surface area (Å²) in [6, 6.07) is 10.1. The molecule has 0 aromatic heterocycles. The molecule has 0 saturated heterocycles. The van der Waals surface area contributed by atoms with Gasteiger partial charge in [-0.1, -0.05) is 62.4 Å². The summed E-state index contributed by atoms with van der Waals surface area (Å²) in [4.78, 5) is 13.9. The molecule has 190 valence electrons. The van der Waals surface area contributed by atoms with Gasteiger partial charge >= 0.3 is 0 Å². The first-order valence-electron chi connectivity index (χ1n) is 12.5. The van der Waals surface area contributed by atoms with Gasteiger partial charge in [-0.05, 0) is 68.4 Å². The number of amides is 1. The second-order valence-electron chi connectivity index (χ2n) is 10.3. The Labute approximate surface area is 213 Å². The van der Waals surface area contributed by atoms with E-state index in [9.17, 15) is 18.3 Å². The van der Waals surface area contributed by atoms with Gasteiger partial charge in [-0.3, -0.25) is 9.10 Å². The van der Waals surface area contributed by atoms with Gasteiger partial charge in [0.2, 0.25) is 5.91 Å². The van der Waals surface area contributed by atoms with Crippen LogP contribution in [0.2, 0.25) is 5.02 Å². The van der Waals surface area contributed by atoms with Crippen LogP contribution < -0.4 is 9.62 Å². The lowest BCUT2D eigenvalue weighted by atomic mass is 9.71. The van der Waals surface area contributed by atoms with Crippen molar-refractivity contribution in [2.24, 2.45) is 11.8 Å². The van der Waals surface area contributed by atoms with E-state index in [1.807, 2.05) is 6.92 Å². The van der Waals surface area contributed by atoms with E-state index >= 15 is 0 Å². The molecule has 0 radical (unpaired) electrons. The number of halogens is 1. The van der Waals surface area contributed by atoms with Crippen LogP contribution in [0.4, 0.5) is 5.69 Å². The number of carbonyl (C=O) groups is 1. The molecule has 1 fully saturated rings. The highest BCUT2D eigenvalue weighted by Crippen LogP contribution is 2.54. The molecule has 0 spiro atoms. The van der Waals surface area contributed by atoms with E-state index < -0.39 is 27.6 Å². The second-order valence-corrected chi connectivity index (χ2v) is 12.6. The molecule has 2 N–H and O–H groups in total. The van der Waals surface area contributed by atoms with Crippen molar-refractivity contribution in [1.82, 2.24) is 5.32 Å². The van der Waals surface area contributed by atoms with Gasteiger partial charge < -0.3 is 10.4 Å². The minimum Gasteiger partial charge on any atom is -0.382 e. The summed E-state index contributed by atoms with van der Waals surface area (Å²) < 4.78 is 29.3. The predicted octanol–water partition coefficient (Wildman–Crippen LogP) is 5.16. The fourth-order valence-electron chi connectivity index (χ4n) is 5.45. The Bertz CT molecular complexity index is 1180. The molecule has 1 heterocycles. The van der Waals surface area contributed by atoms with Crippen molar-refractivity contribution >= 4 is 33.2 Å². The van der Waals surface area contributed by atoms with Crippen molar-refractivity contribution in [3.8, 4) is 0 Å². The minimum atomic E-state index is -4.16. The first kappa shape index (κ1) is 26.0. The van der Waals surface area contributed by atoms with Gasteiger partial charge in [-0.25, -0.2) is 8.42 Å². The molecule has 1 aliphatic heterocycles. The summed E-state index contributed by atoms with van der Waals surface area (Å²) in [5, 5.41) is 15.7. The molecule has 1 aliphatic carbocycles. The molecular formula is C27H35ClN2O4S. The molecule has 35 heavy (non-hydrogen) atoms. The van der Waals surface area contributed by atoms with E-state index in [-0.39, 0.29) is 10.8 Å². The first-order chi connectivity index (χ1) is 16.6. The summed E-state index contributed by atoms with van der Waals surface area (Å²) >= 11 is 6.35. The fourth-order valence-corrected chi connectivity index (χ4v) is 7.28. The number of anilines is 1. The average molecular weight is 519 g/mol. The van der Waals surface area contributed by atoms with Crippen molar-refractivity contribution in [1.29, 1.82) is 0 Å².